The van der Waals surface area contributed by atoms with Gasteiger partial charge in [0, 0.05) is 23.4 Å². The summed E-state index contributed by atoms with van der Waals surface area (Å²) in [5, 5.41) is 8.41. The van der Waals surface area contributed by atoms with Crippen LogP contribution in [0.1, 0.15) is 122 Å². The first-order valence-electron chi connectivity index (χ1n) is 20.3. The number of hydrogen-bond donors (Lipinski definition) is 4. The number of carbonyl (C=O) groups excluding carboxylic acids is 5. The molecule has 0 bridgehead atoms. The minimum absolute atomic E-state index is 0.0154. The molecule has 2 spiro atoms. The molecule has 4 N–H and O–H groups in total. The quantitative estimate of drug-likeness (QED) is 0.229. The average Bonchev–Trinajstić information content (AvgIpc) is 4.07. The number of carbonyl (C=O) groups is 5. The highest BCUT2D eigenvalue weighted by Crippen LogP contribution is 2.88. The molecule has 1 aliphatic heterocycles. The van der Waals surface area contributed by atoms with Crippen LogP contribution in [0.4, 0.5) is 0 Å². The van der Waals surface area contributed by atoms with Gasteiger partial charge in [0.05, 0.1) is 5.25 Å². The molecule has 1 heterocycles. The fourth-order valence-corrected chi connectivity index (χ4v) is 12.2. The van der Waals surface area contributed by atoms with Gasteiger partial charge in [0.2, 0.25) is 27.7 Å². The highest BCUT2D eigenvalue weighted by atomic mass is 32.2. The minimum Gasteiger partial charge on any atom is -0.342 e. The Morgan fingerprint density at radius 3 is 2.07 bits per heavy atom. The Bertz CT molecular complexity index is 1860. The summed E-state index contributed by atoms with van der Waals surface area (Å²) in [5.41, 5.74) is -2.31. The van der Waals surface area contributed by atoms with Gasteiger partial charge in [-0.2, -0.15) is 0 Å². The molecule has 6 aliphatic rings. The Balaban J connectivity index is 1.16. The molecule has 0 unspecified atom stereocenters. The van der Waals surface area contributed by atoms with Gasteiger partial charge in [0.15, 0.2) is 0 Å². The van der Waals surface area contributed by atoms with Crippen LogP contribution >= 0.6 is 0 Å². The van der Waals surface area contributed by atoms with Crippen LogP contribution in [0.2, 0.25) is 0 Å². The van der Waals surface area contributed by atoms with Crippen LogP contribution < -0.4 is 20.7 Å². The summed E-state index contributed by atoms with van der Waals surface area (Å²) in [4.78, 5) is 72.8. The van der Waals surface area contributed by atoms with Gasteiger partial charge in [-0.15, -0.1) is 6.58 Å². The monoisotopic (exact) mass is 777 g/mol. The predicted octanol–water partition coefficient (Wildman–Crippen LogP) is 4.36. The van der Waals surface area contributed by atoms with E-state index in [0.717, 1.165) is 51.4 Å². The predicted molar refractivity (Wildman–Crippen MR) is 208 cm³/mol. The molecule has 13 heteroatoms. The minimum atomic E-state index is -3.87. The zero-order valence-electron chi connectivity index (χ0n) is 33.0. The molecule has 300 valence electrons. The van der Waals surface area contributed by atoms with Crippen LogP contribution in [-0.4, -0.2) is 78.3 Å². The van der Waals surface area contributed by atoms with Crippen LogP contribution in [-0.2, 0) is 29.2 Å². The second-order valence-electron chi connectivity index (χ2n) is 19.0. The fraction of sp³-hybridized carbons (Fsp3) is 0.690. The lowest BCUT2D eigenvalue weighted by atomic mass is 9.73. The Morgan fingerprint density at radius 2 is 1.55 bits per heavy atom. The van der Waals surface area contributed by atoms with E-state index >= 15 is 4.79 Å². The first-order chi connectivity index (χ1) is 25.8. The van der Waals surface area contributed by atoms with Gasteiger partial charge in [-0.05, 0) is 85.7 Å². The van der Waals surface area contributed by atoms with Crippen molar-refractivity contribution in [3.63, 3.8) is 0 Å². The summed E-state index contributed by atoms with van der Waals surface area (Å²) in [6, 6.07) is 5.93. The third-order valence-electron chi connectivity index (χ3n) is 14.8. The molecule has 1 aromatic rings. The van der Waals surface area contributed by atoms with Crippen molar-refractivity contribution in [1.29, 1.82) is 0 Å². The van der Waals surface area contributed by atoms with E-state index < -0.39 is 73.9 Å². The SMILES string of the molecule is C=C[C@@H]1C[C@]1(NC(=O)[C@@H]1C[C@@]2(CN1C(=O)[C@@H](NC(=O)[C@@H](NC(=O)c1ccccc1)C1CCCCC1)C(C)(C)C)C(C)(C)C21CCC1)C(=O)NS(=O)(=O)C1CC1. The molecule has 0 aromatic heterocycles. The maximum absolute atomic E-state index is 15.1. The standard InChI is InChI=1S/C42H59N5O7S/c1-7-28-23-42(28,37(52)46-55(53,54)29-19-20-29)45-34(49)30-24-41(39(5,6)40(41)21-14-22-40)25-47(30)36(51)32(38(2,3)4)44-35(50)31(26-15-10-8-11-16-26)43-33(48)27-17-12-9-13-18-27/h7,9,12-13,17-18,26,28-32H,1,8,10-11,14-16,19-25H2,2-6H3,(H,43,48)(H,44,50)(H,45,49)(H,46,52)/t28-,30+,31+,32-,41-,42-/m1/s1. The molecular weight excluding hydrogens is 719 g/mol. The van der Waals surface area contributed by atoms with E-state index in [9.17, 15) is 27.6 Å². The van der Waals surface area contributed by atoms with E-state index in [1.807, 2.05) is 26.8 Å². The lowest BCUT2D eigenvalue weighted by Crippen LogP contribution is -2.62. The number of likely N-dealkylation sites (tertiary alicyclic amines) is 1. The third kappa shape index (κ3) is 6.59. The normalized spacial score (nSPS) is 30.4. The second-order valence-corrected chi connectivity index (χ2v) is 21.0. The topological polar surface area (TPSA) is 171 Å². The van der Waals surface area contributed by atoms with Crippen molar-refractivity contribution in [3.05, 3.63) is 48.6 Å². The molecule has 1 aromatic carbocycles. The fourth-order valence-electron chi connectivity index (χ4n) is 10.8. The molecule has 55 heavy (non-hydrogen) atoms. The molecular formula is C42H59N5O7S. The number of benzene rings is 1. The smallest absolute Gasteiger partial charge is 0.259 e. The highest BCUT2D eigenvalue weighted by molar-refractivity contribution is 7.91. The van der Waals surface area contributed by atoms with Crippen molar-refractivity contribution < 1.29 is 32.4 Å². The van der Waals surface area contributed by atoms with Crippen molar-refractivity contribution in [2.45, 2.75) is 141 Å². The van der Waals surface area contributed by atoms with Crippen molar-refractivity contribution >= 4 is 39.6 Å². The Kier molecular flexibility index (Phi) is 9.86. The zero-order valence-corrected chi connectivity index (χ0v) is 33.9. The van der Waals surface area contributed by atoms with Crippen LogP contribution in [0.3, 0.4) is 0 Å². The third-order valence-corrected chi connectivity index (χ3v) is 16.6. The first-order valence-corrected chi connectivity index (χ1v) is 21.9. The van der Waals surface area contributed by atoms with Gasteiger partial charge in [-0.3, -0.25) is 28.7 Å². The molecule has 6 fully saturated rings. The van der Waals surface area contributed by atoms with E-state index in [2.05, 4.69) is 41.1 Å². The maximum atomic E-state index is 15.1. The van der Waals surface area contributed by atoms with E-state index in [0.29, 0.717) is 31.4 Å². The summed E-state index contributed by atoms with van der Waals surface area (Å²) in [5.74, 6) is -3.04. The number of rotatable bonds is 12. The van der Waals surface area contributed by atoms with Crippen LogP contribution in [0.25, 0.3) is 0 Å². The highest BCUT2D eigenvalue weighted by Gasteiger charge is 2.85. The van der Waals surface area contributed by atoms with Gasteiger partial charge in [0.25, 0.3) is 11.8 Å². The van der Waals surface area contributed by atoms with Gasteiger partial charge in [-0.1, -0.05) is 84.6 Å². The molecule has 12 nitrogen and oxygen atoms in total. The number of nitrogens with zero attached hydrogens (tertiary/aromatic N) is 1. The summed E-state index contributed by atoms with van der Waals surface area (Å²) in [6.45, 7) is 14.2. The van der Waals surface area contributed by atoms with E-state index in [4.69, 9.17) is 0 Å². The number of fused-ring (bicyclic) bond motifs is 1. The van der Waals surface area contributed by atoms with Crippen molar-refractivity contribution in [1.82, 2.24) is 25.6 Å². The molecule has 0 radical (unpaired) electrons. The molecule has 5 amide bonds. The van der Waals surface area contributed by atoms with Gasteiger partial charge < -0.3 is 20.9 Å². The molecule has 1 saturated heterocycles. The lowest BCUT2D eigenvalue weighted by molar-refractivity contribution is -0.145. The number of sulfonamides is 1. The van der Waals surface area contributed by atoms with Gasteiger partial charge in [0.1, 0.15) is 23.7 Å². The average molecular weight is 778 g/mol. The van der Waals surface area contributed by atoms with Crippen LogP contribution in [0.15, 0.2) is 43.0 Å². The van der Waals surface area contributed by atoms with Crippen molar-refractivity contribution in [2.24, 2.45) is 33.5 Å². The first kappa shape index (κ1) is 39.5. The van der Waals surface area contributed by atoms with E-state index in [1.54, 1.807) is 35.2 Å². The van der Waals surface area contributed by atoms with Crippen LogP contribution in [0, 0.1) is 33.5 Å². The molecule has 7 rings (SSSR count). The largest absolute Gasteiger partial charge is 0.342 e. The number of hydrogen-bond acceptors (Lipinski definition) is 7. The molecule has 5 saturated carbocycles. The van der Waals surface area contributed by atoms with Gasteiger partial charge in [-0.25, -0.2) is 8.42 Å². The zero-order chi connectivity index (χ0) is 39.8. The van der Waals surface area contributed by atoms with Crippen LogP contribution in [0.5, 0.6) is 0 Å². The number of nitrogens with one attached hydrogen (secondary N) is 4. The van der Waals surface area contributed by atoms with Crippen molar-refractivity contribution in [3.8, 4) is 0 Å². The summed E-state index contributed by atoms with van der Waals surface area (Å²) in [7, 11) is -3.87. The van der Waals surface area contributed by atoms with E-state index in [-0.39, 0.29) is 34.5 Å². The Labute approximate surface area is 325 Å². The Morgan fingerprint density at radius 1 is 0.891 bits per heavy atom. The molecule has 5 aliphatic carbocycles. The second kappa shape index (κ2) is 13.7. The summed E-state index contributed by atoms with van der Waals surface area (Å²) in [6.07, 6.45) is 10.7. The maximum Gasteiger partial charge on any atom is 0.259 e. The summed E-state index contributed by atoms with van der Waals surface area (Å²) < 4.78 is 27.8. The Hall–Kier alpha value is -3.74. The summed E-state index contributed by atoms with van der Waals surface area (Å²) >= 11 is 0. The molecule has 6 atom stereocenters. The van der Waals surface area contributed by atoms with Crippen molar-refractivity contribution in [2.75, 3.05) is 6.54 Å². The number of amides is 5. The van der Waals surface area contributed by atoms with E-state index in [1.165, 1.54) is 0 Å². The van der Waals surface area contributed by atoms with Gasteiger partial charge >= 0.3 is 0 Å². The lowest BCUT2D eigenvalue weighted by Gasteiger charge is -2.38.